The Hall–Kier alpha value is -2.72. The summed E-state index contributed by atoms with van der Waals surface area (Å²) in [5.41, 5.74) is -4.55. The van der Waals surface area contributed by atoms with Crippen molar-refractivity contribution in [3.8, 4) is 5.75 Å². The molecule has 148 valence electrons. The molecule has 1 atom stereocenters. The number of rotatable bonds is 7. The SMILES string of the molecule is CCOc1ccc(C(F)(F)C(O)(Cn2ncnn2)c2ccc(Cl)cc2F)nc1. The van der Waals surface area contributed by atoms with Crippen LogP contribution in [0.4, 0.5) is 13.2 Å². The van der Waals surface area contributed by atoms with E-state index in [1.165, 1.54) is 12.1 Å². The average Bonchev–Trinajstić information content (AvgIpc) is 3.15. The van der Waals surface area contributed by atoms with E-state index in [1.54, 1.807) is 6.92 Å². The molecule has 0 aliphatic carbocycles. The zero-order valence-corrected chi connectivity index (χ0v) is 15.3. The minimum Gasteiger partial charge on any atom is -0.492 e. The van der Waals surface area contributed by atoms with E-state index in [0.717, 1.165) is 35.5 Å². The first-order chi connectivity index (χ1) is 13.3. The van der Waals surface area contributed by atoms with Gasteiger partial charge in [0.05, 0.1) is 12.8 Å². The molecule has 1 N–H and O–H groups in total. The summed E-state index contributed by atoms with van der Waals surface area (Å²) in [6, 6.07) is 5.29. The van der Waals surface area contributed by atoms with Crippen LogP contribution in [0.5, 0.6) is 5.75 Å². The molecule has 0 spiro atoms. The molecule has 3 aromatic rings. The standard InChI is InChI=1S/C17H15ClF3N5O2/c1-2-28-12-4-6-15(22-8-12)17(20,21)16(27,9-26-24-10-23-25-26)13-5-3-11(18)7-14(13)19/h3-8,10,27H,2,9H2,1H3. The van der Waals surface area contributed by atoms with Crippen molar-refractivity contribution < 1.29 is 23.0 Å². The van der Waals surface area contributed by atoms with Gasteiger partial charge in [-0.15, -0.1) is 10.2 Å². The van der Waals surface area contributed by atoms with Crippen LogP contribution in [0.2, 0.25) is 5.02 Å². The Labute approximate surface area is 162 Å². The summed E-state index contributed by atoms with van der Waals surface area (Å²) in [7, 11) is 0. The van der Waals surface area contributed by atoms with Crippen LogP contribution in [0, 0.1) is 5.82 Å². The summed E-state index contributed by atoms with van der Waals surface area (Å²) in [5.74, 6) is -4.86. The Kier molecular flexibility index (Phi) is 5.52. The molecule has 0 aliphatic rings. The van der Waals surface area contributed by atoms with Crippen molar-refractivity contribution in [1.82, 2.24) is 25.2 Å². The number of nitrogens with zero attached hydrogens (tertiary/aromatic N) is 5. The molecule has 0 fully saturated rings. The average molecular weight is 414 g/mol. The van der Waals surface area contributed by atoms with Crippen molar-refractivity contribution in [2.24, 2.45) is 0 Å². The molecule has 2 heterocycles. The summed E-state index contributed by atoms with van der Waals surface area (Å²) in [6.07, 6.45) is 2.10. The molecule has 28 heavy (non-hydrogen) atoms. The molecule has 7 nitrogen and oxygen atoms in total. The number of hydrogen-bond donors (Lipinski definition) is 1. The van der Waals surface area contributed by atoms with E-state index in [1.807, 2.05) is 0 Å². The molecule has 0 saturated carbocycles. The number of ether oxygens (including phenoxy) is 1. The van der Waals surface area contributed by atoms with Crippen LogP contribution < -0.4 is 4.74 Å². The molecule has 0 bridgehead atoms. The van der Waals surface area contributed by atoms with E-state index in [0.29, 0.717) is 6.61 Å². The van der Waals surface area contributed by atoms with Crippen LogP contribution in [0.15, 0.2) is 42.9 Å². The van der Waals surface area contributed by atoms with Gasteiger partial charge in [0.25, 0.3) is 0 Å². The fraction of sp³-hybridized carbons (Fsp3) is 0.294. The number of alkyl halides is 2. The molecule has 1 unspecified atom stereocenters. The van der Waals surface area contributed by atoms with Gasteiger partial charge in [0, 0.05) is 10.6 Å². The lowest BCUT2D eigenvalue weighted by Gasteiger charge is -2.35. The third-order valence-corrected chi connectivity index (χ3v) is 4.26. The first kappa shape index (κ1) is 20.0. The Morgan fingerprint density at radius 2 is 2.04 bits per heavy atom. The van der Waals surface area contributed by atoms with Gasteiger partial charge in [0.1, 0.15) is 23.8 Å². The van der Waals surface area contributed by atoms with Crippen molar-refractivity contribution in [2.75, 3.05) is 6.61 Å². The highest BCUT2D eigenvalue weighted by molar-refractivity contribution is 6.30. The van der Waals surface area contributed by atoms with Crippen molar-refractivity contribution in [3.05, 3.63) is 65.0 Å². The zero-order chi connectivity index (χ0) is 20.4. The van der Waals surface area contributed by atoms with E-state index in [2.05, 4.69) is 20.4 Å². The van der Waals surface area contributed by atoms with Crippen LogP contribution in [0.1, 0.15) is 18.2 Å². The Bertz CT molecular complexity index is 940. The zero-order valence-electron chi connectivity index (χ0n) is 14.6. The van der Waals surface area contributed by atoms with E-state index in [9.17, 15) is 9.50 Å². The fourth-order valence-corrected chi connectivity index (χ4v) is 2.83. The molecule has 1 aromatic carbocycles. The second-order valence-electron chi connectivity index (χ2n) is 5.84. The minimum absolute atomic E-state index is 0.00927. The highest BCUT2D eigenvalue weighted by atomic mass is 35.5. The quantitative estimate of drug-likeness (QED) is 0.641. The highest BCUT2D eigenvalue weighted by Gasteiger charge is 2.58. The predicted octanol–water partition coefficient (Wildman–Crippen LogP) is 2.94. The van der Waals surface area contributed by atoms with Crippen LogP contribution in [0.3, 0.4) is 0 Å². The number of hydrogen-bond acceptors (Lipinski definition) is 6. The molecular weight excluding hydrogens is 399 g/mol. The van der Waals surface area contributed by atoms with Gasteiger partial charge in [-0.05, 0) is 36.4 Å². The van der Waals surface area contributed by atoms with Crippen LogP contribution in [-0.4, -0.2) is 36.9 Å². The number of aliphatic hydroxyl groups is 1. The number of halogens is 4. The van der Waals surface area contributed by atoms with Gasteiger partial charge in [0.15, 0.2) is 11.9 Å². The van der Waals surface area contributed by atoms with Crippen molar-refractivity contribution in [1.29, 1.82) is 0 Å². The lowest BCUT2D eigenvalue weighted by atomic mass is 9.84. The summed E-state index contributed by atoms with van der Waals surface area (Å²) in [6.45, 7) is 1.18. The molecular formula is C17H15ClF3N5O2. The molecule has 2 aromatic heterocycles. The normalized spacial score (nSPS) is 13.9. The number of tetrazole rings is 1. The monoisotopic (exact) mass is 413 g/mol. The van der Waals surface area contributed by atoms with Crippen molar-refractivity contribution >= 4 is 11.6 Å². The maximum Gasteiger partial charge on any atom is 0.323 e. The number of pyridine rings is 1. The molecule has 0 amide bonds. The summed E-state index contributed by atoms with van der Waals surface area (Å²) in [4.78, 5) is 4.42. The number of aromatic nitrogens is 5. The van der Waals surface area contributed by atoms with Gasteiger partial charge in [-0.1, -0.05) is 17.7 Å². The molecule has 11 heteroatoms. The van der Waals surface area contributed by atoms with E-state index in [-0.39, 0.29) is 10.8 Å². The highest BCUT2D eigenvalue weighted by Crippen LogP contribution is 2.46. The van der Waals surface area contributed by atoms with Crippen LogP contribution in [0.25, 0.3) is 0 Å². The van der Waals surface area contributed by atoms with Gasteiger partial charge in [-0.3, -0.25) is 4.98 Å². The van der Waals surface area contributed by atoms with E-state index in [4.69, 9.17) is 16.3 Å². The van der Waals surface area contributed by atoms with E-state index < -0.39 is 35.1 Å². The van der Waals surface area contributed by atoms with Crippen LogP contribution >= 0.6 is 11.6 Å². The summed E-state index contributed by atoms with van der Waals surface area (Å²) < 4.78 is 50.6. The first-order valence-corrected chi connectivity index (χ1v) is 8.51. The van der Waals surface area contributed by atoms with Gasteiger partial charge in [0.2, 0.25) is 0 Å². The fourth-order valence-electron chi connectivity index (χ4n) is 2.67. The minimum atomic E-state index is -4.03. The number of benzene rings is 1. The molecule has 0 radical (unpaired) electrons. The van der Waals surface area contributed by atoms with Gasteiger partial charge < -0.3 is 9.84 Å². The smallest absolute Gasteiger partial charge is 0.323 e. The summed E-state index contributed by atoms with van der Waals surface area (Å²) in [5, 5.41) is 21.6. The largest absolute Gasteiger partial charge is 0.492 e. The van der Waals surface area contributed by atoms with Crippen molar-refractivity contribution in [3.63, 3.8) is 0 Å². The third-order valence-electron chi connectivity index (χ3n) is 4.03. The first-order valence-electron chi connectivity index (χ1n) is 8.13. The topological polar surface area (TPSA) is 86.0 Å². The summed E-state index contributed by atoms with van der Waals surface area (Å²) >= 11 is 5.71. The van der Waals surface area contributed by atoms with Gasteiger partial charge in [-0.2, -0.15) is 13.6 Å². The Balaban J connectivity index is 2.11. The predicted molar refractivity (Wildman–Crippen MR) is 92.4 cm³/mol. The second-order valence-corrected chi connectivity index (χ2v) is 6.27. The van der Waals surface area contributed by atoms with Crippen molar-refractivity contribution in [2.45, 2.75) is 25.0 Å². The Morgan fingerprint density at radius 1 is 1.25 bits per heavy atom. The maximum absolute atomic E-state index is 15.4. The molecule has 0 aliphatic heterocycles. The van der Waals surface area contributed by atoms with Gasteiger partial charge >= 0.3 is 5.92 Å². The van der Waals surface area contributed by atoms with E-state index >= 15 is 8.78 Å². The second kappa shape index (κ2) is 7.72. The Morgan fingerprint density at radius 3 is 2.61 bits per heavy atom. The lowest BCUT2D eigenvalue weighted by molar-refractivity contribution is -0.209. The van der Waals surface area contributed by atoms with Crippen LogP contribution in [-0.2, 0) is 18.1 Å². The third kappa shape index (κ3) is 3.65. The molecule has 3 rings (SSSR count). The maximum atomic E-state index is 15.4. The lowest BCUT2D eigenvalue weighted by Crippen LogP contribution is -2.48. The van der Waals surface area contributed by atoms with Gasteiger partial charge in [-0.25, -0.2) is 4.39 Å². The molecule has 0 saturated heterocycles.